The highest BCUT2D eigenvalue weighted by Crippen LogP contribution is 2.06. The number of nitrogens with two attached hydrogens (primary N) is 1. The molecule has 5 heteroatoms. The van der Waals surface area contributed by atoms with E-state index in [0.29, 0.717) is 12.8 Å². The zero-order chi connectivity index (χ0) is 12.7. The van der Waals surface area contributed by atoms with E-state index in [0.717, 1.165) is 24.9 Å². The SMILES string of the molecule is CCCn1cc(CC(N)CCC(=O)OC)cn1. The lowest BCUT2D eigenvalue weighted by Gasteiger charge is -2.08. The summed E-state index contributed by atoms with van der Waals surface area (Å²) in [6.07, 6.45) is 6.69. The summed E-state index contributed by atoms with van der Waals surface area (Å²) in [7, 11) is 1.39. The van der Waals surface area contributed by atoms with E-state index in [1.807, 2.05) is 17.1 Å². The maximum atomic E-state index is 11.0. The van der Waals surface area contributed by atoms with Crippen LogP contribution in [0.3, 0.4) is 0 Å². The fraction of sp³-hybridized carbons (Fsp3) is 0.667. The van der Waals surface area contributed by atoms with Crippen molar-refractivity contribution in [1.29, 1.82) is 0 Å². The van der Waals surface area contributed by atoms with Crippen molar-refractivity contribution in [3.8, 4) is 0 Å². The van der Waals surface area contributed by atoms with Crippen LogP contribution in [0.25, 0.3) is 0 Å². The first-order valence-corrected chi connectivity index (χ1v) is 5.99. The molecule has 0 bridgehead atoms. The maximum Gasteiger partial charge on any atom is 0.305 e. The van der Waals surface area contributed by atoms with Gasteiger partial charge in [-0.05, 0) is 24.8 Å². The summed E-state index contributed by atoms with van der Waals surface area (Å²) in [5.74, 6) is -0.206. The minimum atomic E-state index is -0.206. The van der Waals surface area contributed by atoms with Crippen molar-refractivity contribution in [1.82, 2.24) is 9.78 Å². The van der Waals surface area contributed by atoms with Crippen molar-refractivity contribution >= 4 is 5.97 Å². The van der Waals surface area contributed by atoms with Gasteiger partial charge in [-0.15, -0.1) is 0 Å². The van der Waals surface area contributed by atoms with Crippen LogP contribution in [0.15, 0.2) is 12.4 Å². The molecular weight excluding hydrogens is 218 g/mol. The molecule has 0 aliphatic heterocycles. The largest absolute Gasteiger partial charge is 0.469 e. The Kier molecular flexibility index (Phi) is 5.69. The quantitative estimate of drug-likeness (QED) is 0.724. The molecule has 1 atom stereocenters. The molecule has 2 N–H and O–H groups in total. The minimum Gasteiger partial charge on any atom is -0.469 e. The highest BCUT2D eigenvalue weighted by atomic mass is 16.5. The van der Waals surface area contributed by atoms with E-state index >= 15 is 0 Å². The molecule has 0 aliphatic carbocycles. The molecular formula is C12H21N3O2. The fourth-order valence-corrected chi connectivity index (χ4v) is 1.67. The first-order chi connectivity index (χ1) is 8.15. The lowest BCUT2D eigenvalue weighted by Crippen LogP contribution is -2.23. The van der Waals surface area contributed by atoms with Crippen LogP contribution in [0.2, 0.25) is 0 Å². The van der Waals surface area contributed by atoms with Crippen LogP contribution in [-0.2, 0) is 22.5 Å². The van der Waals surface area contributed by atoms with Crippen molar-refractivity contribution in [3.05, 3.63) is 18.0 Å². The first-order valence-electron chi connectivity index (χ1n) is 5.99. The number of hydrogen-bond acceptors (Lipinski definition) is 4. The van der Waals surface area contributed by atoms with Crippen LogP contribution >= 0.6 is 0 Å². The van der Waals surface area contributed by atoms with Crippen LogP contribution in [0.5, 0.6) is 0 Å². The van der Waals surface area contributed by atoms with Crippen molar-refractivity contribution in [2.75, 3.05) is 7.11 Å². The highest BCUT2D eigenvalue weighted by Gasteiger charge is 2.09. The van der Waals surface area contributed by atoms with E-state index < -0.39 is 0 Å². The van der Waals surface area contributed by atoms with Crippen LogP contribution in [-0.4, -0.2) is 28.9 Å². The van der Waals surface area contributed by atoms with E-state index in [9.17, 15) is 4.79 Å². The summed E-state index contributed by atoms with van der Waals surface area (Å²) in [6, 6.07) is -0.0200. The molecule has 5 nitrogen and oxygen atoms in total. The third-order valence-corrected chi connectivity index (χ3v) is 2.58. The molecule has 17 heavy (non-hydrogen) atoms. The predicted molar refractivity (Wildman–Crippen MR) is 65.4 cm³/mol. The predicted octanol–water partition coefficient (Wildman–Crippen LogP) is 1.12. The van der Waals surface area contributed by atoms with Gasteiger partial charge in [0.25, 0.3) is 0 Å². The Morgan fingerprint density at radius 2 is 2.41 bits per heavy atom. The van der Waals surface area contributed by atoms with Gasteiger partial charge in [0, 0.05) is 25.2 Å². The summed E-state index contributed by atoms with van der Waals surface area (Å²) in [5, 5.41) is 4.24. The Morgan fingerprint density at radius 1 is 1.65 bits per heavy atom. The molecule has 1 rings (SSSR count). The topological polar surface area (TPSA) is 70.1 Å². The van der Waals surface area contributed by atoms with Gasteiger partial charge in [0.2, 0.25) is 0 Å². The molecule has 1 heterocycles. The Morgan fingerprint density at radius 3 is 3.06 bits per heavy atom. The van der Waals surface area contributed by atoms with Crippen molar-refractivity contribution < 1.29 is 9.53 Å². The van der Waals surface area contributed by atoms with Gasteiger partial charge in [-0.3, -0.25) is 9.48 Å². The van der Waals surface area contributed by atoms with Crippen molar-refractivity contribution in [3.63, 3.8) is 0 Å². The standard InChI is InChI=1S/C12H21N3O2/c1-3-6-15-9-10(8-14-15)7-11(13)4-5-12(16)17-2/h8-9,11H,3-7,13H2,1-2H3. The van der Waals surface area contributed by atoms with Gasteiger partial charge in [-0.2, -0.15) is 5.10 Å². The maximum absolute atomic E-state index is 11.0. The van der Waals surface area contributed by atoms with E-state index in [-0.39, 0.29) is 12.0 Å². The zero-order valence-electron chi connectivity index (χ0n) is 10.6. The molecule has 1 aromatic rings. The molecule has 0 aromatic carbocycles. The molecule has 0 saturated carbocycles. The van der Waals surface area contributed by atoms with E-state index in [2.05, 4.69) is 16.8 Å². The zero-order valence-corrected chi connectivity index (χ0v) is 10.6. The van der Waals surface area contributed by atoms with E-state index in [1.54, 1.807) is 0 Å². The summed E-state index contributed by atoms with van der Waals surface area (Å²) >= 11 is 0. The average Bonchev–Trinajstić information content (AvgIpc) is 2.74. The number of aromatic nitrogens is 2. The molecule has 0 fully saturated rings. The summed E-state index contributed by atoms with van der Waals surface area (Å²) in [4.78, 5) is 11.0. The molecule has 1 unspecified atom stereocenters. The van der Waals surface area contributed by atoms with Gasteiger partial charge in [0.05, 0.1) is 13.3 Å². The second-order valence-corrected chi connectivity index (χ2v) is 4.19. The molecule has 96 valence electrons. The third-order valence-electron chi connectivity index (χ3n) is 2.58. The molecule has 0 spiro atoms. The lowest BCUT2D eigenvalue weighted by molar-refractivity contribution is -0.140. The first kappa shape index (κ1) is 13.7. The van der Waals surface area contributed by atoms with Crippen LogP contribution < -0.4 is 5.73 Å². The lowest BCUT2D eigenvalue weighted by atomic mass is 10.1. The second kappa shape index (κ2) is 7.06. The van der Waals surface area contributed by atoms with Gasteiger partial charge >= 0.3 is 5.97 Å². The van der Waals surface area contributed by atoms with Gasteiger partial charge in [0.15, 0.2) is 0 Å². The second-order valence-electron chi connectivity index (χ2n) is 4.19. The fourth-order valence-electron chi connectivity index (χ4n) is 1.67. The number of aryl methyl sites for hydroxylation is 1. The third kappa shape index (κ3) is 4.99. The Bertz CT molecular complexity index is 349. The van der Waals surface area contributed by atoms with Crippen LogP contribution in [0.1, 0.15) is 31.7 Å². The molecule has 1 aromatic heterocycles. The van der Waals surface area contributed by atoms with E-state index in [4.69, 9.17) is 5.73 Å². The van der Waals surface area contributed by atoms with Gasteiger partial charge < -0.3 is 10.5 Å². The molecule has 0 amide bonds. The monoisotopic (exact) mass is 239 g/mol. The Labute approximate surface area is 102 Å². The van der Waals surface area contributed by atoms with Crippen LogP contribution in [0.4, 0.5) is 0 Å². The Hall–Kier alpha value is -1.36. The average molecular weight is 239 g/mol. The Balaban J connectivity index is 2.34. The molecule has 0 saturated heterocycles. The van der Waals surface area contributed by atoms with Gasteiger partial charge in [-0.1, -0.05) is 6.92 Å². The summed E-state index contributed by atoms with van der Waals surface area (Å²) < 4.78 is 6.49. The summed E-state index contributed by atoms with van der Waals surface area (Å²) in [6.45, 7) is 3.04. The number of hydrogen-bond donors (Lipinski definition) is 1. The smallest absolute Gasteiger partial charge is 0.305 e. The van der Waals surface area contributed by atoms with Gasteiger partial charge in [0.1, 0.15) is 0 Å². The van der Waals surface area contributed by atoms with Crippen LogP contribution in [0, 0.1) is 0 Å². The highest BCUT2D eigenvalue weighted by molar-refractivity contribution is 5.69. The number of carbonyl (C=O) groups is 1. The normalized spacial score (nSPS) is 12.4. The van der Waals surface area contributed by atoms with Crippen molar-refractivity contribution in [2.45, 2.75) is 45.2 Å². The number of methoxy groups -OCH3 is 1. The number of carbonyl (C=O) groups excluding carboxylic acids is 1. The number of rotatable bonds is 7. The number of esters is 1. The molecule has 0 radical (unpaired) electrons. The number of nitrogens with zero attached hydrogens (tertiary/aromatic N) is 2. The molecule has 0 aliphatic rings. The number of ether oxygens (including phenoxy) is 1. The van der Waals surface area contributed by atoms with Gasteiger partial charge in [-0.25, -0.2) is 0 Å². The minimum absolute atomic E-state index is 0.0200. The van der Waals surface area contributed by atoms with E-state index in [1.165, 1.54) is 7.11 Å². The van der Waals surface area contributed by atoms with Crippen molar-refractivity contribution in [2.24, 2.45) is 5.73 Å². The summed E-state index contributed by atoms with van der Waals surface area (Å²) in [5.41, 5.74) is 7.07.